The zero-order chi connectivity index (χ0) is 12.1. The quantitative estimate of drug-likeness (QED) is 0.582. The van der Waals surface area contributed by atoms with Gasteiger partial charge < -0.3 is 4.90 Å². The van der Waals surface area contributed by atoms with Gasteiger partial charge in [0, 0.05) is 13.5 Å². The minimum atomic E-state index is -3.12. The number of fused-ring (bicyclic) bond motifs is 1. The molecule has 0 aromatic heterocycles. The van der Waals surface area contributed by atoms with Gasteiger partial charge >= 0.3 is 6.03 Å². The molecule has 0 aromatic carbocycles. The molecule has 0 aromatic rings. The molecular formula is C9H14N2O4S. The largest absolute Gasteiger partial charge is 0.327 e. The monoisotopic (exact) mass is 246 g/mol. The molecule has 2 aliphatic rings. The van der Waals surface area contributed by atoms with Crippen LogP contribution in [-0.2, 0) is 14.6 Å². The van der Waals surface area contributed by atoms with Crippen LogP contribution in [0, 0.1) is 0 Å². The van der Waals surface area contributed by atoms with Gasteiger partial charge in [0.25, 0.3) is 0 Å². The van der Waals surface area contributed by atoms with Crippen LogP contribution >= 0.6 is 0 Å². The zero-order valence-corrected chi connectivity index (χ0v) is 10.0. The number of urea groups is 1. The number of rotatable bonds is 1. The van der Waals surface area contributed by atoms with Crippen molar-refractivity contribution in [3.8, 4) is 0 Å². The van der Waals surface area contributed by atoms with Gasteiger partial charge in [0.2, 0.25) is 5.91 Å². The SMILES string of the molecule is CCC(=O)N1C(=O)N(C)C2CS(=O)(=O)CC21. The fourth-order valence-electron chi connectivity index (χ4n) is 2.34. The first-order chi connectivity index (χ1) is 7.37. The van der Waals surface area contributed by atoms with E-state index in [1.54, 1.807) is 14.0 Å². The van der Waals surface area contributed by atoms with Crippen molar-refractivity contribution in [2.24, 2.45) is 0 Å². The third-order valence-electron chi connectivity index (χ3n) is 3.20. The number of sulfone groups is 1. The highest BCUT2D eigenvalue weighted by molar-refractivity contribution is 7.91. The molecule has 6 nitrogen and oxygen atoms in total. The number of likely N-dealkylation sites (N-methyl/N-ethyl adjacent to an activating group) is 1. The maximum absolute atomic E-state index is 11.8. The van der Waals surface area contributed by atoms with Gasteiger partial charge in [0.05, 0.1) is 23.6 Å². The van der Waals surface area contributed by atoms with E-state index in [9.17, 15) is 18.0 Å². The number of imide groups is 1. The predicted octanol–water partition coefficient (Wildman–Crippen LogP) is -0.544. The molecule has 2 aliphatic heterocycles. The molecule has 0 N–H and O–H groups in total. The number of hydrogen-bond acceptors (Lipinski definition) is 4. The number of carbonyl (C=O) groups is 2. The lowest BCUT2D eigenvalue weighted by Gasteiger charge is -2.18. The smallest absolute Gasteiger partial charge is 0.321 e. The first kappa shape index (κ1) is 11.4. The Kier molecular flexibility index (Phi) is 2.45. The molecule has 2 atom stereocenters. The topological polar surface area (TPSA) is 74.8 Å². The van der Waals surface area contributed by atoms with Gasteiger partial charge in [0.1, 0.15) is 0 Å². The van der Waals surface area contributed by atoms with Crippen molar-refractivity contribution in [2.75, 3.05) is 18.6 Å². The van der Waals surface area contributed by atoms with Gasteiger partial charge in [-0.2, -0.15) is 0 Å². The van der Waals surface area contributed by atoms with Gasteiger partial charge in [-0.1, -0.05) is 6.92 Å². The Morgan fingerprint density at radius 3 is 2.50 bits per heavy atom. The van der Waals surface area contributed by atoms with E-state index in [2.05, 4.69) is 0 Å². The highest BCUT2D eigenvalue weighted by Gasteiger charge is 2.53. The van der Waals surface area contributed by atoms with Crippen LogP contribution in [-0.4, -0.2) is 60.8 Å². The highest BCUT2D eigenvalue weighted by atomic mass is 32.2. The molecule has 0 radical (unpaired) electrons. The van der Waals surface area contributed by atoms with Crippen LogP contribution < -0.4 is 0 Å². The molecule has 2 fully saturated rings. The molecule has 7 heteroatoms. The minimum absolute atomic E-state index is 0.0343. The van der Waals surface area contributed by atoms with Crippen molar-refractivity contribution in [3.05, 3.63) is 0 Å². The Morgan fingerprint density at radius 2 is 1.94 bits per heavy atom. The van der Waals surface area contributed by atoms with E-state index in [0.29, 0.717) is 0 Å². The highest BCUT2D eigenvalue weighted by Crippen LogP contribution is 2.30. The van der Waals surface area contributed by atoms with Crippen molar-refractivity contribution in [2.45, 2.75) is 25.4 Å². The van der Waals surface area contributed by atoms with Crippen molar-refractivity contribution in [1.82, 2.24) is 9.80 Å². The van der Waals surface area contributed by atoms with Crippen molar-refractivity contribution >= 4 is 21.8 Å². The first-order valence-electron chi connectivity index (χ1n) is 5.16. The Hall–Kier alpha value is -1.11. The lowest BCUT2D eigenvalue weighted by molar-refractivity contribution is -0.128. The Balaban J connectivity index is 2.34. The lowest BCUT2D eigenvalue weighted by atomic mass is 10.1. The van der Waals surface area contributed by atoms with Gasteiger partial charge in [-0.3, -0.25) is 9.69 Å². The standard InChI is InChI=1S/C9H14N2O4S/c1-3-8(12)11-7-5-16(14,15)4-6(7)10(2)9(11)13/h6-7H,3-5H2,1-2H3. The second kappa shape index (κ2) is 3.44. The van der Waals surface area contributed by atoms with Crippen LogP contribution in [0.3, 0.4) is 0 Å². The van der Waals surface area contributed by atoms with Crippen molar-refractivity contribution in [3.63, 3.8) is 0 Å². The molecule has 0 saturated carbocycles. The molecule has 0 aliphatic carbocycles. The van der Waals surface area contributed by atoms with Crippen LogP contribution in [0.4, 0.5) is 4.79 Å². The molecule has 16 heavy (non-hydrogen) atoms. The minimum Gasteiger partial charge on any atom is -0.321 e. The second-order valence-electron chi connectivity index (χ2n) is 4.22. The Morgan fingerprint density at radius 1 is 1.38 bits per heavy atom. The molecule has 2 unspecified atom stereocenters. The fraction of sp³-hybridized carbons (Fsp3) is 0.778. The number of nitrogens with zero attached hydrogens (tertiary/aromatic N) is 2. The average molecular weight is 246 g/mol. The maximum Gasteiger partial charge on any atom is 0.327 e. The molecule has 3 amide bonds. The van der Waals surface area contributed by atoms with E-state index < -0.39 is 15.9 Å². The summed E-state index contributed by atoms with van der Waals surface area (Å²) < 4.78 is 23.0. The number of amides is 3. The zero-order valence-electron chi connectivity index (χ0n) is 9.21. The maximum atomic E-state index is 11.8. The average Bonchev–Trinajstić information content (AvgIpc) is 2.61. The summed E-state index contributed by atoms with van der Waals surface area (Å²) in [5.74, 6) is -0.436. The second-order valence-corrected chi connectivity index (χ2v) is 6.38. The molecular weight excluding hydrogens is 232 g/mol. The van der Waals surface area contributed by atoms with Crippen LogP contribution in [0.15, 0.2) is 0 Å². The van der Waals surface area contributed by atoms with Gasteiger partial charge in [0.15, 0.2) is 9.84 Å². The summed E-state index contributed by atoms with van der Waals surface area (Å²) in [6.07, 6.45) is 0.211. The Bertz CT molecular complexity index is 444. The molecule has 0 spiro atoms. The van der Waals surface area contributed by atoms with Crippen molar-refractivity contribution in [1.29, 1.82) is 0 Å². The first-order valence-corrected chi connectivity index (χ1v) is 6.99. The summed E-state index contributed by atoms with van der Waals surface area (Å²) in [7, 11) is -1.58. The predicted molar refractivity (Wildman–Crippen MR) is 56.5 cm³/mol. The van der Waals surface area contributed by atoms with E-state index in [1.165, 1.54) is 4.90 Å². The third-order valence-corrected chi connectivity index (χ3v) is 4.90. The van der Waals surface area contributed by atoms with E-state index in [0.717, 1.165) is 4.90 Å². The number of carbonyl (C=O) groups excluding carboxylic acids is 2. The molecule has 2 rings (SSSR count). The fourth-order valence-corrected chi connectivity index (χ4v) is 4.34. The van der Waals surface area contributed by atoms with Gasteiger partial charge in [-0.05, 0) is 0 Å². The summed E-state index contributed by atoms with van der Waals surface area (Å²) in [5.41, 5.74) is 0. The lowest BCUT2D eigenvalue weighted by Crippen LogP contribution is -2.41. The van der Waals surface area contributed by atoms with Crippen molar-refractivity contribution < 1.29 is 18.0 Å². The van der Waals surface area contributed by atoms with E-state index in [-0.39, 0.29) is 35.9 Å². The molecule has 2 heterocycles. The summed E-state index contributed by atoms with van der Waals surface area (Å²) in [6, 6.07) is -1.24. The van der Waals surface area contributed by atoms with Crippen LogP contribution in [0.2, 0.25) is 0 Å². The van der Waals surface area contributed by atoms with Gasteiger partial charge in [-0.25, -0.2) is 13.2 Å². The molecule has 90 valence electrons. The summed E-state index contributed by atoms with van der Waals surface area (Å²) in [5, 5.41) is 0. The van der Waals surface area contributed by atoms with E-state index >= 15 is 0 Å². The Labute approximate surface area is 94.1 Å². The van der Waals surface area contributed by atoms with Crippen LogP contribution in [0.25, 0.3) is 0 Å². The third kappa shape index (κ3) is 1.50. The van der Waals surface area contributed by atoms with Crippen LogP contribution in [0.5, 0.6) is 0 Å². The summed E-state index contributed by atoms with van der Waals surface area (Å²) in [4.78, 5) is 25.8. The normalized spacial score (nSPS) is 32.0. The molecule has 0 bridgehead atoms. The summed E-state index contributed by atoms with van der Waals surface area (Å²) >= 11 is 0. The van der Waals surface area contributed by atoms with Gasteiger partial charge in [-0.15, -0.1) is 0 Å². The van der Waals surface area contributed by atoms with E-state index in [4.69, 9.17) is 0 Å². The van der Waals surface area contributed by atoms with Crippen LogP contribution in [0.1, 0.15) is 13.3 Å². The van der Waals surface area contributed by atoms with E-state index in [1.807, 2.05) is 0 Å². The number of hydrogen-bond donors (Lipinski definition) is 0. The molecule has 2 saturated heterocycles. The summed E-state index contributed by atoms with van der Waals surface area (Å²) in [6.45, 7) is 1.66.